The minimum Gasteiger partial charge on any atom is -0.477 e. The molecule has 0 aliphatic heterocycles. The van der Waals surface area contributed by atoms with Gasteiger partial charge in [-0.05, 0) is 31.4 Å². The van der Waals surface area contributed by atoms with Gasteiger partial charge in [-0.25, -0.2) is 9.78 Å². The summed E-state index contributed by atoms with van der Waals surface area (Å²) in [6, 6.07) is 9.92. The van der Waals surface area contributed by atoms with Gasteiger partial charge in [-0.3, -0.25) is 0 Å². The molecule has 1 unspecified atom stereocenters. The van der Waals surface area contributed by atoms with E-state index in [4.69, 9.17) is 0 Å². The van der Waals surface area contributed by atoms with Crippen LogP contribution in [0.1, 0.15) is 48.5 Å². The molecule has 0 aliphatic rings. The van der Waals surface area contributed by atoms with Crippen LogP contribution in [0.25, 0.3) is 0 Å². The van der Waals surface area contributed by atoms with Gasteiger partial charge in [0.05, 0.1) is 5.69 Å². The van der Waals surface area contributed by atoms with E-state index < -0.39 is 5.97 Å². The first kappa shape index (κ1) is 15.5. The van der Waals surface area contributed by atoms with Crippen LogP contribution in [0.15, 0.2) is 30.3 Å². The quantitative estimate of drug-likeness (QED) is 0.853. The number of rotatable bonds is 6. The Labute approximate surface area is 129 Å². The van der Waals surface area contributed by atoms with Crippen molar-refractivity contribution >= 4 is 28.1 Å². The predicted octanol–water partition coefficient (Wildman–Crippen LogP) is 4.51. The highest BCUT2D eigenvalue weighted by molar-refractivity contribution is 7.17. The zero-order valence-electron chi connectivity index (χ0n) is 12.5. The molecule has 21 heavy (non-hydrogen) atoms. The monoisotopic (exact) mass is 304 g/mol. The van der Waals surface area contributed by atoms with Gasteiger partial charge in [0.1, 0.15) is 4.88 Å². The van der Waals surface area contributed by atoms with Crippen LogP contribution in [0.3, 0.4) is 0 Å². The third-order valence-electron chi connectivity index (χ3n) is 3.53. The van der Waals surface area contributed by atoms with Crippen molar-refractivity contribution in [3.05, 3.63) is 40.9 Å². The van der Waals surface area contributed by atoms with Gasteiger partial charge in [-0.15, -0.1) is 0 Å². The Balaban J connectivity index is 2.46. The largest absolute Gasteiger partial charge is 0.477 e. The summed E-state index contributed by atoms with van der Waals surface area (Å²) in [6.07, 6.45) is 0.876. The normalized spacial score (nSPS) is 12.1. The number of thiazole rings is 1. The van der Waals surface area contributed by atoms with Gasteiger partial charge < -0.3 is 10.0 Å². The SMILES string of the molecule is CCC(C)c1nc(N(CC)c2ccccc2)sc1C(=O)O. The van der Waals surface area contributed by atoms with Crippen molar-refractivity contribution in [2.45, 2.75) is 33.1 Å². The van der Waals surface area contributed by atoms with Crippen molar-refractivity contribution in [1.29, 1.82) is 0 Å². The van der Waals surface area contributed by atoms with Crippen LogP contribution in [0.5, 0.6) is 0 Å². The lowest BCUT2D eigenvalue weighted by Gasteiger charge is -2.19. The molecule has 2 rings (SSSR count). The minimum absolute atomic E-state index is 0.149. The molecule has 1 heterocycles. The second-order valence-electron chi connectivity index (χ2n) is 4.91. The molecular formula is C16H20N2O2S. The summed E-state index contributed by atoms with van der Waals surface area (Å²) >= 11 is 1.25. The van der Waals surface area contributed by atoms with Gasteiger partial charge >= 0.3 is 5.97 Å². The third kappa shape index (κ3) is 3.24. The standard InChI is InChI=1S/C16H20N2O2S/c1-4-11(3)13-14(15(19)20)21-16(17-13)18(5-2)12-9-7-6-8-10-12/h6-11H,4-5H2,1-3H3,(H,19,20). The molecular weight excluding hydrogens is 284 g/mol. The number of aromatic nitrogens is 1. The molecule has 1 aromatic heterocycles. The van der Waals surface area contributed by atoms with E-state index in [2.05, 4.69) is 4.98 Å². The number of carboxylic acids is 1. The molecule has 0 saturated carbocycles. The van der Waals surface area contributed by atoms with Crippen molar-refractivity contribution in [3.63, 3.8) is 0 Å². The number of para-hydroxylation sites is 1. The molecule has 112 valence electrons. The number of nitrogens with zero attached hydrogens (tertiary/aromatic N) is 2. The average molecular weight is 304 g/mol. The maximum atomic E-state index is 11.5. The Morgan fingerprint density at radius 3 is 2.52 bits per heavy atom. The van der Waals surface area contributed by atoms with E-state index in [1.165, 1.54) is 11.3 Å². The van der Waals surface area contributed by atoms with Crippen LogP contribution >= 0.6 is 11.3 Å². The van der Waals surface area contributed by atoms with Crippen LogP contribution in [0.4, 0.5) is 10.8 Å². The average Bonchev–Trinajstić information content (AvgIpc) is 2.93. The Morgan fingerprint density at radius 2 is 2.00 bits per heavy atom. The second kappa shape index (κ2) is 6.72. The molecule has 1 atom stereocenters. The highest BCUT2D eigenvalue weighted by Gasteiger charge is 2.23. The fourth-order valence-corrected chi connectivity index (χ4v) is 3.26. The molecule has 0 aliphatic carbocycles. The summed E-state index contributed by atoms with van der Waals surface area (Å²) < 4.78 is 0. The van der Waals surface area contributed by atoms with Crippen molar-refractivity contribution < 1.29 is 9.90 Å². The van der Waals surface area contributed by atoms with Crippen LogP contribution in [0, 0.1) is 0 Å². The zero-order valence-corrected chi connectivity index (χ0v) is 13.4. The summed E-state index contributed by atoms with van der Waals surface area (Å²) in [5, 5.41) is 10.1. The maximum absolute atomic E-state index is 11.5. The first-order valence-electron chi connectivity index (χ1n) is 7.15. The Hall–Kier alpha value is -1.88. The molecule has 4 nitrogen and oxygen atoms in total. The lowest BCUT2D eigenvalue weighted by molar-refractivity contribution is 0.0700. The van der Waals surface area contributed by atoms with Crippen molar-refractivity contribution in [2.75, 3.05) is 11.4 Å². The second-order valence-corrected chi connectivity index (χ2v) is 5.88. The number of anilines is 2. The number of aromatic carboxylic acids is 1. The number of carbonyl (C=O) groups is 1. The molecule has 0 spiro atoms. The summed E-state index contributed by atoms with van der Waals surface area (Å²) in [6.45, 7) is 6.85. The van der Waals surface area contributed by atoms with Gasteiger partial charge in [-0.2, -0.15) is 0 Å². The van der Waals surface area contributed by atoms with Crippen LogP contribution < -0.4 is 4.90 Å². The predicted molar refractivity (Wildman–Crippen MR) is 86.9 cm³/mol. The number of hydrogen-bond acceptors (Lipinski definition) is 4. The summed E-state index contributed by atoms with van der Waals surface area (Å²) in [5.74, 6) is -0.742. The fraction of sp³-hybridized carbons (Fsp3) is 0.375. The van der Waals surface area contributed by atoms with Gasteiger partial charge in [0.25, 0.3) is 0 Å². The van der Waals surface area contributed by atoms with Crippen LogP contribution in [-0.2, 0) is 0 Å². The number of hydrogen-bond donors (Lipinski definition) is 1. The summed E-state index contributed by atoms with van der Waals surface area (Å²) in [5.41, 5.74) is 1.72. The lowest BCUT2D eigenvalue weighted by Crippen LogP contribution is -2.15. The summed E-state index contributed by atoms with van der Waals surface area (Å²) in [7, 11) is 0. The fourth-order valence-electron chi connectivity index (χ4n) is 2.15. The Kier molecular flexibility index (Phi) is 4.96. The summed E-state index contributed by atoms with van der Waals surface area (Å²) in [4.78, 5) is 18.5. The topological polar surface area (TPSA) is 53.4 Å². The van der Waals surface area contributed by atoms with Gasteiger partial charge in [0.15, 0.2) is 5.13 Å². The minimum atomic E-state index is -0.891. The highest BCUT2D eigenvalue weighted by Crippen LogP contribution is 2.35. The van der Waals surface area contributed by atoms with Crippen molar-refractivity contribution in [3.8, 4) is 0 Å². The zero-order chi connectivity index (χ0) is 15.4. The molecule has 1 aromatic carbocycles. The molecule has 0 fully saturated rings. The molecule has 5 heteroatoms. The smallest absolute Gasteiger partial charge is 0.347 e. The maximum Gasteiger partial charge on any atom is 0.347 e. The molecule has 0 bridgehead atoms. The lowest BCUT2D eigenvalue weighted by atomic mass is 10.0. The first-order chi connectivity index (χ1) is 10.1. The Morgan fingerprint density at radius 1 is 1.33 bits per heavy atom. The van der Waals surface area contributed by atoms with Gasteiger partial charge in [-0.1, -0.05) is 43.4 Å². The number of carboxylic acid groups (broad SMARTS) is 1. The van der Waals surface area contributed by atoms with Gasteiger partial charge in [0, 0.05) is 12.2 Å². The molecule has 0 radical (unpaired) electrons. The molecule has 2 aromatic rings. The third-order valence-corrected chi connectivity index (χ3v) is 4.61. The van der Waals surface area contributed by atoms with E-state index in [1.807, 2.05) is 56.0 Å². The molecule has 0 saturated heterocycles. The molecule has 1 N–H and O–H groups in total. The van der Waals surface area contributed by atoms with Crippen molar-refractivity contribution in [2.24, 2.45) is 0 Å². The Bertz CT molecular complexity index is 610. The first-order valence-corrected chi connectivity index (χ1v) is 7.96. The van der Waals surface area contributed by atoms with Crippen molar-refractivity contribution in [1.82, 2.24) is 4.98 Å². The van der Waals surface area contributed by atoms with E-state index in [9.17, 15) is 9.90 Å². The van der Waals surface area contributed by atoms with Crippen LogP contribution in [0.2, 0.25) is 0 Å². The van der Waals surface area contributed by atoms with E-state index >= 15 is 0 Å². The highest BCUT2D eigenvalue weighted by atomic mass is 32.1. The van der Waals surface area contributed by atoms with E-state index in [1.54, 1.807) is 0 Å². The van der Waals surface area contributed by atoms with E-state index in [0.29, 0.717) is 10.6 Å². The van der Waals surface area contributed by atoms with E-state index in [0.717, 1.165) is 23.8 Å². The van der Waals surface area contributed by atoms with Gasteiger partial charge in [0.2, 0.25) is 0 Å². The molecule has 0 amide bonds. The van der Waals surface area contributed by atoms with Crippen LogP contribution in [-0.4, -0.2) is 22.6 Å². The van der Waals surface area contributed by atoms with E-state index in [-0.39, 0.29) is 5.92 Å². The number of benzene rings is 1.